The van der Waals surface area contributed by atoms with Crippen molar-refractivity contribution < 1.29 is 64.7 Å². The maximum absolute atomic E-state index is 14.7. The van der Waals surface area contributed by atoms with Crippen molar-refractivity contribution in [3.8, 4) is 5.75 Å². The van der Waals surface area contributed by atoms with Crippen LogP contribution < -0.4 is 15.6 Å². The van der Waals surface area contributed by atoms with Crippen LogP contribution in [0.2, 0.25) is 0 Å². The number of nitrogens with zero attached hydrogens (tertiary/aromatic N) is 1. The van der Waals surface area contributed by atoms with E-state index >= 15 is 0 Å². The fourth-order valence-corrected chi connectivity index (χ4v) is 5.99. The third-order valence-corrected chi connectivity index (χ3v) is 8.75. The molecule has 2 amide bonds. The number of hydrogen-bond acceptors (Lipinski definition) is 5. The third-order valence-electron chi connectivity index (χ3n) is 8.75. The van der Waals surface area contributed by atoms with Gasteiger partial charge in [0.15, 0.2) is 0 Å². The van der Waals surface area contributed by atoms with Crippen LogP contribution in [0.15, 0.2) is 23.0 Å². The number of unbranched alkanes of at least 4 members (excludes halogenated alkanes) is 1. The molecule has 48 heavy (non-hydrogen) atoms. The first-order chi connectivity index (χ1) is 21.8. The first-order valence-corrected chi connectivity index (χ1v) is 15.7. The molecule has 1 aliphatic heterocycles. The minimum Gasteiger partial charge on any atom is -0.540 e. The van der Waals surface area contributed by atoms with Gasteiger partial charge in [0.1, 0.15) is 11.8 Å². The zero-order valence-corrected chi connectivity index (χ0v) is 29.1. The van der Waals surface area contributed by atoms with E-state index < -0.39 is 64.2 Å². The predicted octanol–water partition coefficient (Wildman–Crippen LogP) is 7.02. The number of aromatic nitrogens is 1. The van der Waals surface area contributed by atoms with Crippen molar-refractivity contribution in [3.05, 3.63) is 39.7 Å². The van der Waals surface area contributed by atoms with E-state index in [1.807, 2.05) is 13.2 Å². The van der Waals surface area contributed by atoms with E-state index in [0.717, 1.165) is 38.2 Å². The van der Waals surface area contributed by atoms with E-state index in [4.69, 9.17) is 9.84 Å². The smallest absolute Gasteiger partial charge is 0.417 e. The summed E-state index contributed by atoms with van der Waals surface area (Å²) in [5.74, 6) is -3.32. The Morgan fingerprint density at radius 2 is 1.75 bits per heavy atom. The Morgan fingerprint density at radius 3 is 2.25 bits per heavy atom. The topological polar surface area (TPSA) is 129 Å². The number of alkyl halides is 5. The van der Waals surface area contributed by atoms with Gasteiger partial charge in [-0.15, -0.1) is 0 Å². The van der Waals surface area contributed by atoms with Crippen LogP contribution in [0.3, 0.4) is 0 Å². The molecule has 1 saturated carbocycles. The maximum atomic E-state index is 14.7. The van der Waals surface area contributed by atoms with Gasteiger partial charge in [-0.2, -0.15) is 13.2 Å². The van der Waals surface area contributed by atoms with Crippen LogP contribution in [-0.4, -0.2) is 59.0 Å². The summed E-state index contributed by atoms with van der Waals surface area (Å²) in [6.07, 6.45) is -0.0584. The molecule has 2 aromatic rings. The molecule has 15 heteroatoms. The number of rotatable bonds is 11. The quantitative estimate of drug-likeness (QED) is 0.130. The average Bonchev–Trinajstić information content (AvgIpc) is 3.71. The van der Waals surface area contributed by atoms with Gasteiger partial charge < -0.3 is 29.8 Å². The summed E-state index contributed by atoms with van der Waals surface area (Å²) < 4.78 is 75.2. The second-order valence-corrected chi connectivity index (χ2v) is 13.3. The standard InChI is InChI=1S/C19H20F5NO2.C14H23N2O4.V/c1-27-12-7-8-13-14(10-12)25-17(26)16(15(13)19(22,23)24)18(20,21)9-3-2-4-11-5-6-11;1-5-9-6-7-16(10(9)8-17)12(18)11(14(2,3)4)15-13(19)20;/h7-8,10-11H,2-6,9H2,1H3,(H,25,26);9-11,15H,5-7H2,1-4H3,(H,19,20);/q;-1;/t;9?,10?,11-;/m.1./s1. The summed E-state index contributed by atoms with van der Waals surface area (Å²) in [5, 5.41) is 10.7. The molecule has 1 aromatic carbocycles. The molecule has 0 spiro atoms. The molecule has 267 valence electrons. The predicted molar refractivity (Wildman–Crippen MR) is 165 cm³/mol. The van der Waals surface area contributed by atoms with Gasteiger partial charge in [0.05, 0.1) is 23.8 Å². The normalized spacial score (nSPS) is 18.8. The Morgan fingerprint density at radius 1 is 1.10 bits per heavy atom. The van der Waals surface area contributed by atoms with Crippen molar-refractivity contribution in [2.24, 2.45) is 17.3 Å². The van der Waals surface area contributed by atoms with Crippen molar-refractivity contribution >= 4 is 29.2 Å². The molecule has 9 nitrogen and oxygen atoms in total. The van der Waals surface area contributed by atoms with E-state index in [0.29, 0.717) is 18.9 Å². The second-order valence-electron chi connectivity index (χ2n) is 13.3. The van der Waals surface area contributed by atoms with Crippen molar-refractivity contribution in [2.45, 2.75) is 103 Å². The fourth-order valence-electron chi connectivity index (χ4n) is 5.99. The summed E-state index contributed by atoms with van der Waals surface area (Å²) in [7, 11) is 1.31. The van der Waals surface area contributed by atoms with E-state index in [9.17, 15) is 41.1 Å². The van der Waals surface area contributed by atoms with E-state index in [1.54, 1.807) is 20.8 Å². The van der Waals surface area contributed by atoms with E-state index in [1.165, 1.54) is 24.1 Å². The molecule has 1 aromatic heterocycles. The number of fused-ring (bicyclic) bond motifs is 1. The number of carbonyl (C=O) groups is 2. The summed E-state index contributed by atoms with van der Waals surface area (Å²) in [5.41, 5.74) is -5.25. The van der Waals surface area contributed by atoms with Gasteiger partial charge in [0, 0.05) is 43.0 Å². The van der Waals surface area contributed by atoms with E-state index in [2.05, 4.69) is 10.3 Å². The Kier molecular flexibility index (Phi) is 14.1. The molecular weight excluding hydrogens is 680 g/mol. The van der Waals surface area contributed by atoms with Crippen LogP contribution >= 0.6 is 0 Å². The van der Waals surface area contributed by atoms with Gasteiger partial charge in [-0.25, -0.2) is 19.9 Å². The number of H-pyrrole nitrogens is 1. The Labute approximate surface area is 288 Å². The molecule has 4 rings (SSSR count). The number of hydrogen-bond donors (Lipinski definition) is 3. The molecule has 2 heterocycles. The summed E-state index contributed by atoms with van der Waals surface area (Å²) in [6.45, 7) is 7.82. The molecule has 0 bridgehead atoms. The van der Waals surface area contributed by atoms with Crippen LogP contribution in [0, 0.1) is 17.3 Å². The van der Waals surface area contributed by atoms with Crippen LogP contribution in [0.5, 0.6) is 5.75 Å². The molecule has 1 aliphatic carbocycles. The number of pyridine rings is 1. The fraction of sp³-hybridized carbons (Fsp3) is 0.636. The molecule has 2 unspecified atom stereocenters. The Balaban J connectivity index is 0.000000342. The Bertz CT molecular complexity index is 1490. The minimum absolute atomic E-state index is 0. The summed E-state index contributed by atoms with van der Waals surface area (Å²) in [6, 6.07) is 2.04. The molecule has 1 radical (unpaired) electrons. The van der Waals surface area contributed by atoms with Crippen LogP contribution in [-0.2, 0) is 40.2 Å². The molecule has 2 aliphatic rings. The number of ether oxygens (including phenoxy) is 1. The number of carbonyl (C=O) groups excluding carboxylic acids is 2. The van der Waals surface area contributed by atoms with Crippen LogP contribution in [0.25, 0.3) is 10.9 Å². The van der Waals surface area contributed by atoms with E-state index in [-0.39, 0.29) is 48.1 Å². The second kappa shape index (κ2) is 16.5. The molecule has 2 fully saturated rings. The maximum Gasteiger partial charge on any atom is 0.417 e. The van der Waals surface area contributed by atoms with Gasteiger partial charge in [0.25, 0.3) is 11.5 Å². The van der Waals surface area contributed by atoms with Crippen LogP contribution in [0.1, 0.15) is 90.2 Å². The number of nitrogens with one attached hydrogen (secondary N) is 2. The zero-order valence-electron chi connectivity index (χ0n) is 27.7. The van der Waals surface area contributed by atoms with Crippen molar-refractivity contribution in [1.29, 1.82) is 0 Å². The molecule has 1 saturated heterocycles. The average molecular weight is 724 g/mol. The minimum atomic E-state index is -5.09. The van der Waals surface area contributed by atoms with Gasteiger partial charge >= 0.3 is 12.3 Å². The number of halogens is 5. The van der Waals surface area contributed by atoms with Gasteiger partial charge in [-0.3, -0.25) is 9.59 Å². The van der Waals surface area contributed by atoms with Gasteiger partial charge in [0.2, 0.25) is 5.91 Å². The number of likely N-dealkylation sites (tertiary alicyclic amines) is 1. The summed E-state index contributed by atoms with van der Waals surface area (Å²) >= 11 is 0. The van der Waals surface area contributed by atoms with Crippen molar-refractivity contribution in [2.75, 3.05) is 13.7 Å². The van der Waals surface area contributed by atoms with Gasteiger partial charge in [-0.1, -0.05) is 65.8 Å². The Hall–Kier alpha value is -3.13. The molecule has 3 atom stereocenters. The number of methoxy groups -OCH3 is 1. The number of amides is 2. The largest absolute Gasteiger partial charge is 0.540 e. The van der Waals surface area contributed by atoms with Crippen molar-refractivity contribution in [1.82, 2.24) is 15.2 Å². The van der Waals surface area contributed by atoms with Crippen LogP contribution in [0.4, 0.5) is 26.7 Å². The first kappa shape index (κ1) is 41.0. The SMILES string of the molecule is CCC1CCN(C(=O)[C@@H](NC(=O)O)C(C)(C)C)C1[C-]=O.COc1ccc2c(C(F)(F)F)c(C(F)(F)CCCCC3CC3)c(=O)[nH]c2c1.[V]. The zero-order chi connectivity index (χ0) is 35.3. The monoisotopic (exact) mass is 723 g/mol. The molecule has 3 N–H and O–H groups in total. The third kappa shape index (κ3) is 10.2. The summed E-state index contributed by atoms with van der Waals surface area (Å²) in [4.78, 5) is 50.4. The number of carboxylic acid groups (broad SMARTS) is 1. The number of aromatic amines is 1. The van der Waals surface area contributed by atoms with Gasteiger partial charge in [-0.05, 0) is 42.2 Å². The molecular formula is C33H43F5N3O6V-. The number of benzene rings is 1. The van der Waals surface area contributed by atoms with Crippen molar-refractivity contribution in [3.63, 3.8) is 0 Å². The first-order valence-electron chi connectivity index (χ1n) is 15.7.